The lowest BCUT2D eigenvalue weighted by Crippen LogP contribution is -2.29. The highest BCUT2D eigenvalue weighted by molar-refractivity contribution is 9.09. The summed E-state index contributed by atoms with van der Waals surface area (Å²) in [5.74, 6) is 0.571. The topological polar surface area (TPSA) is 18.5 Å². The van der Waals surface area contributed by atoms with Crippen LogP contribution in [0.1, 0.15) is 26.3 Å². The minimum atomic E-state index is -0.289. The second-order valence-electron chi connectivity index (χ2n) is 5.05. The molecule has 0 aliphatic carbocycles. The number of ether oxygens (including phenoxy) is 2. The molecule has 0 aromatic heterocycles. The van der Waals surface area contributed by atoms with E-state index in [0.717, 1.165) is 11.9 Å². The fourth-order valence-electron chi connectivity index (χ4n) is 1.63. The zero-order valence-corrected chi connectivity index (χ0v) is 13.1. The van der Waals surface area contributed by atoms with Crippen molar-refractivity contribution in [3.63, 3.8) is 0 Å². The molecule has 0 bridgehead atoms. The maximum atomic E-state index is 5.97. The Balaban J connectivity index is 2.42. The summed E-state index contributed by atoms with van der Waals surface area (Å²) in [6, 6.07) is 10.3. The van der Waals surface area contributed by atoms with Gasteiger partial charge in [-0.15, -0.1) is 0 Å². The highest BCUT2D eigenvalue weighted by Gasteiger charge is 2.25. The molecule has 0 radical (unpaired) electrons. The lowest BCUT2D eigenvalue weighted by Gasteiger charge is -2.28. The van der Waals surface area contributed by atoms with Gasteiger partial charge in [-0.1, -0.05) is 60.1 Å². The van der Waals surface area contributed by atoms with Gasteiger partial charge in [-0.2, -0.15) is 0 Å². The molecule has 3 heteroatoms. The summed E-state index contributed by atoms with van der Waals surface area (Å²) >= 11 is 3.54. The van der Waals surface area contributed by atoms with Crippen molar-refractivity contribution in [1.82, 2.24) is 0 Å². The normalized spacial score (nSPS) is 14.7. The molecule has 0 aliphatic rings. The van der Waals surface area contributed by atoms with Crippen LogP contribution in [-0.2, 0) is 15.1 Å². The maximum Gasteiger partial charge on any atom is 0.100 e. The monoisotopic (exact) mass is 314 g/mol. The summed E-state index contributed by atoms with van der Waals surface area (Å²) < 4.78 is 11.5. The van der Waals surface area contributed by atoms with Gasteiger partial charge in [0, 0.05) is 11.9 Å². The zero-order valence-electron chi connectivity index (χ0n) is 11.5. The van der Waals surface area contributed by atoms with Gasteiger partial charge in [-0.25, -0.2) is 0 Å². The van der Waals surface area contributed by atoms with Crippen molar-refractivity contribution in [2.75, 3.05) is 25.2 Å². The van der Waals surface area contributed by atoms with Gasteiger partial charge in [0.15, 0.2) is 0 Å². The highest BCUT2D eigenvalue weighted by Crippen LogP contribution is 2.27. The molecular formula is C15H23BrO2. The number of benzene rings is 1. The number of hydrogen-bond acceptors (Lipinski definition) is 2. The van der Waals surface area contributed by atoms with Crippen LogP contribution in [0.2, 0.25) is 0 Å². The molecule has 1 aromatic rings. The Hall–Kier alpha value is -0.380. The van der Waals surface area contributed by atoms with E-state index in [2.05, 4.69) is 48.8 Å². The largest absolute Gasteiger partial charge is 0.379 e. The maximum absolute atomic E-state index is 5.97. The minimum Gasteiger partial charge on any atom is -0.379 e. The van der Waals surface area contributed by atoms with Crippen molar-refractivity contribution >= 4 is 15.9 Å². The van der Waals surface area contributed by atoms with Crippen LogP contribution in [0.15, 0.2) is 30.3 Å². The molecule has 0 fully saturated rings. The second kappa shape index (κ2) is 7.93. The standard InChI is InChI=1S/C15H23BrO2/c1-13(2)11-17-9-10-18-15(3,12-16)14-7-5-4-6-8-14/h4-8,13H,9-12H2,1-3H3. The van der Waals surface area contributed by atoms with Crippen molar-refractivity contribution in [3.05, 3.63) is 35.9 Å². The third kappa shape index (κ3) is 5.09. The van der Waals surface area contributed by atoms with E-state index in [1.165, 1.54) is 5.56 Å². The fourth-order valence-corrected chi connectivity index (χ4v) is 2.12. The average Bonchev–Trinajstić information content (AvgIpc) is 2.38. The third-order valence-electron chi connectivity index (χ3n) is 2.74. The van der Waals surface area contributed by atoms with E-state index in [4.69, 9.17) is 9.47 Å². The zero-order chi connectivity index (χ0) is 13.4. The highest BCUT2D eigenvalue weighted by atomic mass is 79.9. The van der Waals surface area contributed by atoms with Crippen LogP contribution < -0.4 is 0 Å². The third-order valence-corrected chi connectivity index (χ3v) is 3.81. The van der Waals surface area contributed by atoms with Crippen LogP contribution in [0.3, 0.4) is 0 Å². The molecule has 1 unspecified atom stereocenters. The van der Waals surface area contributed by atoms with Gasteiger partial charge in [-0.3, -0.25) is 0 Å². The Kier molecular flexibility index (Phi) is 6.90. The SMILES string of the molecule is CC(C)COCCOC(C)(CBr)c1ccccc1. The van der Waals surface area contributed by atoms with E-state index in [9.17, 15) is 0 Å². The Bertz CT molecular complexity index is 327. The van der Waals surface area contributed by atoms with E-state index < -0.39 is 0 Å². The Morgan fingerprint density at radius 2 is 1.83 bits per heavy atom. The van der Waals surface area contributed by atoms with Crippen LogP contribution >= 0.6 is 15.9 Å². The summed E-state index contributed by atoms with van der Waals surface area (Å²) in [6.45, 7) is 8.44. The first-order valence-corrected chi connectivity index (χ1v) is 7.54. The molecule has 0 N–H and O–H groups in total. The number of alkyl halides is 1. The molecule has 1 rings (SSSR count). The molecule has 102 valence electrons. The Morgan fingerprint density at radius 1 is 1.17 bits per heavy atom. The predicted molar refractivity (Wildman–Crippen MR) is 79.2 cm³/mol. The molecule has 0 heterocycles. The first kappa shape index (κ1) is 15.7. The summed E-state index contributed by atoms with van der Waals surface area (Å²) in [7, 11) is 0. The lowest BCUT2D eigenvalue weighted by molar-refractivity contribution is -0.0485. The van der Waals surface area contributed by atoms with Crippen molar-refractivity contribution in [2.45, 2.75) is 26.4 Å². The van der Waals surface area contributed by atoms with Gasteiger partial charge in [0.1, 0.15) is 5.60 Å². The first-order valence-electron chi connectivity index (χ1n) is 6.41. The Labute approximate surface area is 119 Å². The molecule has 1 atom stereocenters. The molecule has 0 saturated carbocycles. The van der Waals surface area contributed by atoms with Gasteiger partial charge in [0.25, 0.3) is 0 Å². The minimum absolute atomic E-state index is 0.289. The Morgan fingerprint density at radius 3 is 2.39 bits per heavy atom. The predicted octanol–water partition coefficient (Wildman–Crippen LogP) is 3.99. The quantitative estimate of drug-likeness (QED) is 0.533. The molecule has 1 aromatic carbocycles. The summed E-state index contributed by atoms with van der Waals surface area (Å²) in [5, 5.41) is 0.772. The summed E-state index contributed by atoms with van der Waals surface area (Å²) in [6.07, 6.45) is 0. The van der Waals surface area contributed by atoms with Crippen molar-refractivity contribution in [1.29, 1.82) is 0 Å². The molecular weight excluding hydrogens is 292 g/mol. The lowest BCUT2D eigenvalue weighted by atomic mass is 9.98. The van der Waals surface area contributed by atoms with E-state index in [1.807, 2.05) is 18.2 Å². The molecule has 0 aliphatic heterocycles. The number of halogens is 1. The summed E-state index contributed by atoms with van der Waals surface area (Å²) in [4.78, 5) is 0. The van der Waals surface area contributed by atoms with Gasteiger partial charge in [0.2, 0.25) is 0 Å². The van der Waals surface area contributed by atoms with E-state index >= 15 is 0 Å². The van der Waals surface area contributed by atoms with Crippen molar-refractivity contribution in [2.24, 2.45) is 5.92 Å². The molecule has 2 nitrogen and oxygen atoms in total. The molecule has 0 saturated heterocycles. The van der Waals surface area contributed by atoms with E-state index in [1.54, 1.807) is 0 Å². The van der Waals surface area contributed by atoms with Crippen molar-refractivity contribution < 1.29 is 9.47 Å². The number of hydrogen-bond donors (Lipinski definition) is 0. The first-order chi connectivity index (χ1) is 8.58. The van der Waals surface area contributed by atoms with E-state index in [0.29, 0.717) is 19.1 Å². The van der Waals surface area contributed by atoms with E-state index in [-0.39, 0.29) is 5.60 Å². The van der Waals surface area contributed by atoms with Gasteiger partial charge in [0.05, 0.1) is 13.2 Å². The van der Waals surface area contributed by atoms with Gasteiger partial charge >= 0.3 is 0 Å². The van der Waals surface area contributed by atoms with Crippen LogP contribution in [0.5, 0.6) is 0 Å². The van der Waals surface area contributed by atoms with Gasteiger partial charge in [-0.05, 0) is 18.4 Å². The number of rotatable bonds is 8. The van der Waals surface area contributed by atoms with Crippen molar-refractivity contribution in [3.8, 4) is 0 Å². The second-order valence-corrected chi connectivity index (χ2v) is 5.61. The molecule has 18 heavy (non-hydrogen) atoms. The van der Waals surface area contributed by atoms with Gasteiger partial charge < -0.3 is 9.47 Å². The molecule has 0 spiro atoms. The van der Waals surface area contributed by atoms with Crippen LogP contribution in [0.4, 0.5) is 0 Å². The van der Waals surface area contributed by atoms with Crippen LogP contribution in [0.25, 0.3) is 0 Å². The summed E-state index contributed by atoms with van der Waals surface area (Å²) in [5.41, 5.74) is 0.897. The molecule has 0 amide bonds. The van der Waals surface area contributed by atoms with Crippen LogP contribution in [0, 0.1) is 5.92 Å². The van der Waals surface area contributed by atoms with Crippen LogP contribution in [-0.4, -0.2) is 25.2 Å². The smallest absolute Gasteiger partial charge is 0.100 e. The average molecular weight is 315 g/mol. The fraction of sp³-hybridized carbons (Fsp3) is 0.600.